The van der Waals surface area contributed by atoms with Crippen LogP contribution in [0.4, 0.5) is 4.39 Å². The van der Waals surface area contributed by atoms with Crippen LogP contribution in [0.25, 0.3) is 0 Å². The molecule has 16 heavy (non-hydrogen) atoms. The summed E-state index contributed by atoms with van der Waals surface area (Å²) in [7, 11) is 0. The molecular formula is C13H13FO2. The van der Waals surface area contributed by atoms with Crippen LogP contribution < -0.4 is 0 Å². The van der Waals surface area contributed by atoms with Gasteiger partial charge in [0.15, 0.2) is 11.6 Å². The van der Waals surface area contributed by atoms with Crippen LogP contribution in [0, 0.1) is 0 Å². The number of hydrogen-bond acceptors (Lipinski definition) is 2. The van der Waals surface area contributed by atoms with E-state index in [9.17, 15) is 14.0 Å². The number of carbonyl (C=O) groups excluding carboxylic acids is 2. The Morgan fingerprint density at radius 1 is 1.06 bits per heavy atom. The van der Waals surface area contributed by atoms with Gasteiger partial charge in [0.05, 0.1) is 0 Å². The van der Waals surface area contributed by atoms with Gasteiger partial charge in [0, 0.05) is 12.8 Å². The second kappa shape index (κ2) is 4.56. The van der Waals surface area contributed by atoms with Gasteiger partial charge in [-0.2, -0.15) is 0 Å². The lowest BCUT2D eigenvalue weighted by Crippen LogP contribution is -2.23. The van der Waals surface area contributed by atoms with Crippen molar-refractivity contribution in [2.45, 2.75) is 31.4 Å². The zero-order chi connectivity index (χ0) is 11.5. The van der Waals surface area contributed by atoms with Crippen LogP contribution in [0.2, 0.25) is 0 Å². The monoisotopic (exact) mass is 220 g/mol. The summed E-state index contributed by atoms with van der Waals surface area (Å²) in [6, 6.07) is 9.51. The van der Waals surface area contributed by atoms with Gasteiger partial charge in [0.1, 0.15) is 0 Å². The fourth-order valence-corrected chi connectivity index (χ4v) is 2.08. The first-order chi connectivity index (χ1) is 7.68. The lowest BCUT2D eigenvalue weighted by atomic mass is 9.91. The Hall–Kier alpha value is -1.51. The van der Waals surface area contributed by atoms with E-state index in [2.05, 4.69) is 0 Å². The topological polar surface area (TPSA) is 34.1 Å². The quantitative estimate of drug-likeness (QED) is 0.538. The van der Waals surface area contributed by atoms with Gasteiger partial charge in [-0.1, -0.05) is 30.3 Å². The molecule has 1 aromatic rings. The smallest absolute Gasteiger partial charge is 0.216 e. The van der Waals surface area contributed by atoms with Crippen molar-refractivity contribution < 1.29 is 14.0 Å². The fourth-order valence-electron chi connectivity index (χ4n) is 2.08. The molecule has 0 saturated heterocycles. The molecule has 3 heteroatoms. The average Bonchev–Trinajstić information content (AvgIpc) is 2.44. The normalized spacial score (nSPS) is 26.6. The summed E-state index contributed by atoms with van der Waals surface area (Å²) >= 11 is 0. The van der Waals surface area contributed by atoms with Crippen molar-refractivity contribution in [2.75, 3.05) is 0 Å². The van der Waals surface area contributed by atoms with Crippen LogP contribution in [0.1, 0.15) is 30.7 Å². The predicted molar refractivity (Wildman–Crippen MR) is 57.9 cm³/mol. The number of rotatable bonds is 1. The first-order valence-electron chi connectivity index (χ1n) is 5.43. The van der Waals surface area contributed by atoms with E-state index in [0.29, 0.717) is 6.42 Å². The first-order valence-corrected chi connectivity index (χ1v) is 5.43. The summed E-state index contributed by atoms with van der Waals surface area (Å²) < 4.78 is 13.2. The summed E-state index contributed by atoms with van der Waals surface area (Å²) in [6.45, 7) is 0. The van der Waals surface area contributed by atoms with Gasteiger partial charge in [-0.05, 0) is 17.9 Å². The van der Waals surface area contributed by atoms with E-state index in [1.807, 2.05) is 30.3 Å². The Balaban J connectivity index is 2.19. The minimum atomic E-state index is -1.89. The average molecular weight is 220 g/mol. The maximum Gasteiger partial charge on any atom is 0.216 e. The molecule has 0 bridgehead atoms. The molecule has 0 aliphatic heterocycles. The first kappa shape index (κ1) is 11.0. The van der Waals surface area contributed by atoms with Crippen LogP contribution in [-0.2, 0) is 9.59 Å². The zero-order valence-corrected chi connectivity index (χ0v) is 8.86. The molecule has 0 heterocycles. The van der Waals surface area contributed by atoms with Crippen molar-refractivity contribution in [1.82, 2.24) is 0 Å². The highest BCUT2D eigenvalue weighted by molar-refractivity contribution is 6.06. The Morgan fingerprint density at radius 3 is 2.44 bits per heavy atom. The molecule has 0 N–H and O–H groups in total. The molecule has 1 saturated carbocycles. The SMILES string of the molecule is O=C1CCC(c2ccccc2)CC(=O)C1F. The number of Topliss-reactive ketones (excluding diaryl/α,β-unsaturated/α-hetero) is 2. The standard InChI is InChI=1S/C13H13FO2/c14-13-11(15)7-6-10(8-12(13)16)9-4-2-1-3-5-9/h1-5,10,13H,6-8H2. The lowest BCUT2D eigenvalue weighted by molar-refractivity contribution is -0.133. The van der Waals surface area contributed by atoms with Gasteiger partial charge < -0.3 is 0 Å². The summed E-state index contributed by atoms with van der Waals surface area (Å²) in [5.74, 6) is -1.15. The van der Waals surface area contributed by atoms with Crippen LogP contribution in [-0.4, -0.2) is 17.7 Å². The van der Waals surface area contributed by atoms with E-state index in [4.69, 9.17) is 0 Å². The van der Waals surface area contributed by atoms with Gasteiger partial charge in [-0.15, -0.1) is 0 Å². The molecule has 2 unspecified atom stereocenters. The second-order valence-electron chi connectivity index (χ2n) is 4.15. The molecule has 1 aromatic carbocycles. The molecule has 2 nitrogen and oxygen atoms in total. The number of ketones is 2. The maximum atomic E-state index is 13.2. The molecule has 0 spiro atoms. The van der Waals surface area contributed by atoms with E-state index in [-0.39, 0.29) is 18.8 Å². The van der Waals surface area contributed by atoms with Gasteiger partial charge >= 0.3 is 0 Å². The Morgan fingerprint density at radius 2 is 1.75 bits per heavy atom. The molecule has 2 rings (SSSR count). The van der Waals surface area contributed by atoms with Gasteiger partial charge in [-0.3, -0.25) is 9.59 Å². The second-order valence-corrected chi connectivity index (χ2v) is 4.15. The van der Waals surface area contributed by atoms with Crippen LogP contribution >= 0.6 is 0 Å². The number of carbonyl (C=O) groups is 2. The highest BCUT2D eigenvalue weighted by Crippen LogP contribution is 2.29. The van der Waals surface area contributed by atoms with Crippen molar-refractivity contribution in [1.29, 1.82) is 0 Å². The Bertz CT molecular complexity index is 400. The Kier molecular flexibility index (Phi) is 3.13. The summed E-state index contributed by atoms with van der Waals surface area (Å²) in [5, 5.41) is 0. The van der Waals surface area contributed by atoms with Crippen molar-refractivity contribution in [2.24, 2.45) is 0 Å². The number of halogens is 1. The summed E-state index contributed by atoms with van der Waals surface area (Å²) in [5.41, 5.74) is 1.01. The molecule has 1 aliphatic rings. The number of alkyl halides is 1. The molecule has 0 radical (unpaired) electrons. The predicted octanol–water partition coefficient (Wildman–Crippen LogP) is 2.43. The van der Waals surface area contributed by atoms with Crippen LogP contribution in [0.15, 0.2) is 30.3 Å². The van der Waals surface area contributed by atoms with Crippen molar-refractivity contribution in [3.63, 3.8) is 0 Å². The summed E-state index contributed by atoms with van der Waals surface area (Å²) in [4.78, 5) is 22.6. The highest BCUT2D eigenvalue weighted by atomic mass is 19.1. The van der Waals surface area contributed by atoms with Gasteiger partial charge in [-0.25, -0.2) is 4.39 Å². The third kappa shape index (κ3) is 2.18. The number of benzene rings is 1. The van der Waals surface area contributed by atoms with Crippen molar-refractivity contribution in [3.8, 4) is 0 Å². The third-order valence-corrected chi connectivity index (χ3v) is 3.02. The molecule has 1 fully saturated rings. The van der Waals surface area contributed by atoms with E-state index in [1.54, 1.807) is 0 Å². The lowest BCUT2D eigenvalue weighted by Gasteiger charge is -2.12. The van der Waals surface area contributed by atoms with E-state index < -0.39 is 17.7 Å². The van der Waals surface area contributed by atoms with E-state index in [0.717, 1.165) is 5.56 Å². The van der Waals surface area contributed by atoms with E-state index >= 15 is 0 Å². The zero-order valence-electron chi connectivity index (χ0n) is 8.86. The van der Waals surface area contributed by atoms with Crippen molar-refractivity contribution >= 4 is 11.6 Å². The Labute approximate surface area is 93.5 Å². The molecular weight excluding hydrogens is 207 g/mol. The highest BCUT2D eigenvalue weighted by Gasteiger charge is 2.32. The van der Waals surface area contributed by atoms with Gasteiger partial charge in [0.25, 0.3) is 0 Å². The number of hydrogen-bond donors (Lipinski definition) is 0. The van der Waals surface area contributed by atoms with Gasteiger partial charge in [0.2, 0.25) is 6.17 Å². The van der Waals surface area contributed by atoms with Crippen molar-refractivity contribution in [3.05, 3.63) is 35.9 Å². The minimum absolute atomic E-state index is 0.0154. The molecule has 0 aromatic heterocycles. The molecule has 84 valence electrons. The van der Waals surface area contributed by atoms with Crippen LogP contribution in [0.3, 0.4) is 0 Å². The van der Waals surface area contributed by atoms with E-state index in [1.165, 1.54) is 0 Å². The molecule has 0 amide bonds. The van der Waals surface area contributed by atoms with Crippen LogP contribution in [0.5, 0.6) is 0 Å². The molecule has 1 aliphatic carbocycles. The largest absolute Gasteiger partial charge is 0.296 e. The minimum Gasteiger partial charge on any atom is -0.296 e. The fraction of sp³-hybridized carbons (Fsp3) is 0.385. The molecule has 2 atom stereocenters. The third-order valence-electron chi connectivity index (χ3n) is 3.02. The maximum absolute atomic E-state index is 13.2. The summed E-state index contributed by atoms with van der Waals surface area (Å²) in [6.07, 6.45) is -1.04.